The van der Waals surface area contributed by atoms with Crippen molar-refractivity contribution >= 4 is 17.2 Å². The zero-order valence-electron chi connectivity index (χ0n) is 18.3. The Balaban J connectivity index is 1.86. The summed E-state index contributed by atoms with van der Waals surface area (Å²) in [6.45, 7) is 12.0. The molecule has 1 aromatic carbocycles. The molecule has 158 valence electrons. The molecule has 4 nitrogen and oxygen atoms in total. The van der Waals surface area contributed by atoms with Gasteiger partial charge >= 0.3 is 0 Å². The Labute approximate surface area is 179 Å². The maximum atomic E-state index is 12.9. The van der Waals surface area contributed by atoms with Crippen molar-refractivity contribution in [3.63, 3.8) is 0 Å². The summed E-state index contributed by atoms with van der Waals surface area (Å²) in [5.41, 5.74) is 1.26. The van der Waals surface area contributed by atoms with Crippen molar-refractivity contribution in [3.8, 4) is 5.75 Å². The van der Waals surface area contributed by atoms with Gasteiger partial charge in [-0.3, -0.25) is 9.69 Å². The number of hydrogen-bond donors (Lipinski definition) is 0. The van der Waals surface area contributed by atoms with Gasteiger partial charge in [-0.25, -0.2) is 0 Å². The first kappa shape index (κ1) is 21.8. The van der Waals surface area contributed by atoms with Crippen LogP contribution in [0.25, 0.3) is 0 Å². The van der Waals surface area contributed by atoms with Crippen molar-refractivity contribution in [1.29, 1.82) is 0 Å². The van der Waals surface area contributed by atoms with Crippen LogP contribution >= 0.6 is 11.3 Å². The molecule has 1 saturated heterocycles. The van der Waals surface area contributed by atoms with Crippen LogP contribution in [0.15, 0.2) is 41.8 Å². The molecule has 0 saturated carbocycles. The molecule has 1 aromatic heterocycles. The lowest BCUT2D eigenvalue weighted by atomic mass is 9.87. The van der Waals surface area contributed by atoms with Crippen molar-refractivity contribution in [3.05, 3.63) is 52.2 Å². The third kappa shape index (κ3) is 5.20. The fourth-order valence-corrected chi connectivity index (χ4v) is 5.11. The highest BCUT2D eigenvalue weighted by Crippen LogP contribution is 2.39. The van der Waals surface area contributed by atoms with E-state index >= 15 is 0 Å². The summed E-state index contributed by atoms with van der Waals surface area (Å²) in [6, 6.07) is 12.9. The van der Waals surface area contributed by atoms with Crippen molar-refractivity contribution in [2.75, 3.05) is 26.7 Å². The Morgan fingerprint density at radius 2 is 1.93 bits per heavy atom. The number of methoxy groups -OCH3 is 1. The zero-order valence-corrected chi connectivity index (χ0v) is 19.1. The summed E-state index contributed by atoms with van der Waals surface area (Å²) in [4.78, 5) is 18.9. The van der Waals surface area contributed by atoms with Crippen LogP contribution < -0.4 is 4.74 Å². The first-order valence-corrected chi connectivity index (χ1v) is 11.5. The number of rotatable bonds is 8. The van der Waals surface area contributed by atoms with E-state index in [9.17, 15) is 4.79 Å². The maximum absolute atomic E-state index is 12.9. The Morgan fingerprint density at radius 1 is 1.17 bits per heavy atom. The fraction of sp³-hybridized carbons (Fsp3) is 0.542. The molecule has 29 heavy (non-hydrogen) atoms. The summed E-state index contributed by atoms with van der Waals surface area (Å²) < 4.78 is 5.69. The van der Waals surface area contributed by atoms with Crippen molar-refractivity contribution in [1.82, 2.24) is 9.80 Å². The van der Waals surface area contributed by atoms with Gasteiger partial charge in [-0.2, -0.15) is 0 Å². The van der Waals surface area contributed by atoms with Crippen LogP contribution in [0.5, 0.6) is 5.75 Å². The van der Waals surface area contributed by atoms with E-state index in [0.29, 0.717) is 11.8 Å². The van der Waals surface area contributed by atoms with E-state index in [1.807, 2.05) is 37.3 Å². The molecule has 0 radical (unpaired) electrons. The molecular weight excluding hydrogens is 380 g/mol. The second-order valence-corrected chi connectivity index (χ2v) is 9.65. The van der Waals surface area contributed by atoms with Crippen LogP contribution in [-0.2, 0) is 11.3 Å². The maximum Gasteiger partial charge on any atom is 0.225 e. The summed E-state index contributed by atoms with van der Waals surface area (Å²) >= 11 is 1.81. The number of thiophene rings is 1. The molecule has 1 fully saturated rings. The highest BCUT2D eigenvalue weighted by molar-refractivity contribution is 7.09. The molecule has 1 amide bonds. The van der Waals surface area contributed by atoms with Gasteiger partial charge in [0.25, 0.3) is 0 Å². The summed E-state index contributed by atoms with van der Waals surface area (Å²) in [5.74, 6) is 1.96. The Hall–Kier alpha value is -1.85. The molecular formula is C24H34N2O2S. The van der Waals surface area contributed by atoms with Crippen molar-refractivity contribution in [2.24, 2.45) is 11.8 Å². The average Bonchev–Trinajstić information content (AvgIpc) is 3.35. The first-order chi connectivity index (χ1) is 13.9. The van der Waals surface area contributed by atoms with E-state index in [-0.39, 0.29) is 17.9 Å². The number of amides is 1. The lowest BCUT2D eigenvalue weighted by Gasteiger charge is -2.33. The number of ether oxygens (including phenoxy) is 1. The SMILES string of the molecule is COc1ccccc1C1CN(Cc2cccs2)CC1CN(C(=O)C(C)C)C(C)C. The standard InChI is InChI=1S/C24H34N2O2S/c1-17(2)24(27)26(18(3)4)14-19-13-25(15-20-9-8-12-29-20)16-22(19)21-10-6-7-11-23(21)28-5/h6-12,17-19,22H,13-16H2,1-5H3. The van der Waals surface area contributed by atoms with Crippen LogP contribution in [0.1, 0.15) is 44.1 Å². The van der Waals surface area contributed by atoms with E-state index in [1.165, 1.54) is 10.4 Å². The number of para-hydroxylation sites is 1. The molecule has 0 aliphatic carbocycles. The van der Waals surface area contributed by atoms with E-state index in [0.717, 1.165) is 31.9 Å². The molecule has 2 heterocycles. The number of carbonyl (C=O) groups excluding carboxylic acids is 1. The van der Waals surface area contributed by atoms with Crippen molar-refractivity contribution in [2.45, 2.75) is 46.2 Å². The fourth-order valence-electron chi connectivity index (χ4n) is 4.36. The Bertz CT molecular complexity index is 788. The monoisotopic (exact) mass is 414 g/mol. The Morgan fingerprint density at radius 3 is 2.55 bits per heavy atom. The smallest absolute Gasteiger partial charge is 0.225 e. The predicted molar refractivity (Wildman–Crippen MR) is 121 cm³/mol. The van der Waals surface area contributed by atoms with Crippen molar-refractivity contribution < 1.29 is 9.53 Å². The molecule has 1 aliphatic rings. The molecule has 2 aromatic rings. The van der Waals surface area contributed by atoms with Crippen LogP contribution in [-0.4, -0.2) is 48.5 Å². The third-order valence-corrected chi connectivity index (χ3v) is 6.71. The van der Waals surface area contributed by atoms with E-state index in [1.54, 1.807) is 7.11 Å². The number of likely N-dealkylation sites (tertiary alicyclic amines) is 1. The molecule has 5 heteroatoms. The van der Waals surface area contributed by atoms with Gasteiger partial charge in [-0.1, -0.05) is 38.1 Å². The molecule has 1 aliphatic heterocycles. The minimum absolute atomic E-state index is 0.0192. The average molecular weight is 415 g/mol. The highest BCUT2D eigenvalue weighted by atomic mass is 32.1. The Kier molecular flexibility index (Phi) is 7.36. The molecule has 2 atom stereocenters. The van der Waals surface area contributed by atoms with Gasteiger partial charge in [-0.15, -0.1) is 11.3 Å². The van der Waals surface area contributed by atoms with Gasteiger partial charge in [0.1, 0.15) is 5.75 Å². The number of nitrogens with zero attached hydrogens (tertiary/aromatic N) is 2. The largest absolute Gasteiger partial charge is 0.496 e. The normalized spacial score (nSPS) is 19.8. The third-order valence-electron chi connectivity index (χ3n) is 5.85. The summed E-state index contributed by atoms with van der Waals surface area (Å²) in [7, 11) is 1.74. The minimum atomic E-state index is 0.0192. The predicted octanol–water partition coefficient (Wildman–Crippen LogP) is 4.87. The second-order valence-electron chi connectivity index (χ2n) is 8.62. The van der Waals surface area contributed by atoms with Gasteiger partial charge in [-0.05, 0) is 42.8 Å². The quantitative estimate of drug-likeness (QED) is 0.618. The lowest BCUT2D eigenvalue weighted by molar-refractivity contribution is -0.136. The van der Waals surface area contributed by atoms with E-state index in [2.05, 4.69) is 53.3 Å². The van der Waals surface area contributed by atoms with Gasteiger partial charge in [0.2, 0.25) is 5.91 Å². The van der Waals surface area contributed by atoms with Crippen LogP contribution in [0.4, 0.5) is 0 Å². The number of carbonyl (C=O) groups is 1. The van der Waals surface area contributed by atoms with Gasteiger partial charge in [0.15, 0.2) is 0 Å². The van der Waals surface area contributed by atoms with Gasteiger partial charge in [0.05, 0.1) is 7.11 Å². The lowest BCUT2D eigenvalue weighted by Crippen LogP contribution is -2.43. The summed E-state index contributed by atoms with van der Waals surface area (Å²) in [6.07, 6.45) is 0. The molecule has 0 N–H and O–H groups in total. The second kappa shape index (κ2) is 9.77. The number of benzene rings is 1. The molecule has 0 bridgehead atoms. The zero-order chi connectivity index (χ0) is 21.0. The van der Waals surface area contributed by atoms with Crippen LogP contribution in [0, 0.1) is 11.8 Å². The van der Waals surface area contributed by atoms with E-state index < -0.39 is 0 Å². The topological polar surface area (TPSA) is 32.8 Å². The highest BCUT2D eigenvalue weighted by Gasteiger charge is 2.37. The van der Waals surface area contributed by atoms with Gasteiger partial charge < -0.3 is 9.64 Å². The minimum Gasteiger partial charge on any atom is -0.496 e. The molecule has 3 rings (SSSR count). The number of hydrogen-bond acceptors (Lipinski definition) is 4. The summed E-state index contributed by atoms with van der Waals surface area (Å²) in [5, 5.41) is 2.14. The van der Waals surface area contributed by atoms with Crippen LogP contribution in [0.3, 0.4) is 0 Å². The van der Waals surface area contributed by atoms with Crippen LogP contribution in [0.2, 0.25) is 0 Å². The van der Waals surface area contributed by atoms with E-state index in [4.69, 9.17) is 4.74 Å². The first-order valence-electron chi connectivity index (χ1n) is 10.6. The molecule has 2 unspecified atom stereocenters. The van der Waals surface area contributed by atoms with Gasteiger partial charge in [0, 0.05) is 48.9 Å². The molecule has 0 spiro atoms.